The summed E-state index contributed by atoms with van der Waals surface area (Å²) in [6.07, 6.45) is -4.40. The fourth-order valence-corrected chi connectivity index (χ4v) is 3.55. The zero-order valence-electron chi connectivity index (χ0n) is 19.0. The van der Waals surface area contributed by atoms with E-state index in [-0.39, 0.29) is 6.10 Å². The number of carboxylic acids is 2. The third-order valence-corrected chi connectivity index (χ3v) is 5.22. The summed E-state index contributed by atoms with van der Waals surface area (Å²) in [5.74, 6) is -5.06. The van der Waals surface area contributed by atoms with Gasteiger partial charge in [0.15, 0.2) is 0 Å². The van der Waals surface area contributed by atoms with Crippen LogP contribution in [0.4, 0.5) is 26.3 Å². The van der Waals surface area contributed by atoms with E-state index in [0.717, 1.165) is 32.0 Å². The van der Waals surface area contributed by atoms with Gasteiger partial charge in [-0.2, -0.15) is 26.3 Å². The van der Waals surface area contributed by atoms with Crippen LogP contribution in [0.15, 0.2) is 48.9 Å². The van der Waals surface area contributed by atoms with E-state index < -0.39 is 24.3 Å². The Kier molecular flexibility index (Phi) is 10.8. The van der Waals surface area contributed by atoms with Crippen molar-refractivity contribution in [3.8, 4) is 0 Å². The van der Waals surface area contributed by atoms with Crippen molar-refractivity contribution in [2.45, 2.75) is 37.7 Å². The van der Waals surface area contributed by atoms with E-state index in [0.29, 0.717) is 18.6 Å². The van der Waals surface area contributed by atoms with Crippen molar-refractivity contribution in [2.75, 3.05) is 19.8 Å². The molecule has 3 atom stereocenters. The molecular weight excluding hydrogens is 516 g/mol. The highest BCUT2D eigenvalue weighted by molar-refractivity contribution is 5.73. The molecule has 0 spiro atoms. The minimum absolute atomic E-state index is 0.209. The second kappa shape index (κ2) is 13.3. The molecule has 2 fully saturated rings. The predicted octanol–water partition coefficient (Wildman–Crippen LogP) is 3.16. The van der Waals surface area contributed by atoms with E-state index in [1.54, 1.807) is 0 Å². The number of hydrogen-bond acceptors (Lipinski definition) is 7. The third-order valence-electron chi connectivity index (χ3n) is 5.22. The van der Waals surface area contributed by atoms with Gasteiger partial charge in [-0.15, -0.1) is 0 Å². The first-order chi connectivity index (χ1) is 17.3. The lowest BCUT2D eigenvalue weighted by molar-refractivity contribution is -0.193. The van der Waals surface area contributed by atoms with Crippen molar-refractivity contribution < 1.29 is 55.6 Å². The molecule has 2 aliphatic heterocycles. The fraction of sp³-hybridized carbons (Fsp3) is 0.455. The molecule has 0 aliphatic carbocycles. The van der Waals surface area contributed by atoms with Crippen LogP contribution in [-0.4, -0.2) is 81.3 Å². The van der Waals surface area contributed by atoms with Gasteiger partial charge in [-0.1, -0.05) is 12.1 Å². The van der Waals surface area contributed by atoms with Gasteiger partial charge in [0.1, 0.15) is 0 Å². The van der Waals surface area contributed by atoms with Gasteiger partial charge in [0.05, 0.1) is 31.6 Å². The summed E-state index contributed by atoms with van der Waals surface area (Å²) in [6.45, 7) is 4.01. The van der Waals surface area contributed by atoms with Gasteiger partial charge in [-0.05, 0) is 23.8 Å². The molecule has 0 amide bonds. The van der Waals surface area contributed by atoms with Crippen molar-refractivity contribution in [2.24, 2.45) is 5.92 Å². The number of pyridine rings is 2. The molecule has 0 radical (unpaired) electrons. The first-order valence-electron chi connectivity index (χ1n) is 10.6. The molecule has 0 aromatic carbocycles. The fourth-order valence-electron chi connectivity index (χ4n) is 3.55. The number of carboxylic acid groups (broad SMARTS) is 2. The van der Waals surface area contributed by atoms with E-state index in [9.17, 15) is 26.3 Å². The summed E-state index contributed by atoms with van der Waals surface area (Å²) in [5, 5.41) is 14.2. The number of nitrogens with zero attached hydrogens (tertiary/aromatic N) is 3. The Morgan fingerprint density at radius 3 is 2.16 bits per heavy atom. The van der Waals surface area contributed by atoms with Crippen LogP contribution < -0.4 is 0 Å². The second-order valence-corrected chi connectivity index (χ2v) is 7.84. The molecule has 2 saturated heterocycles. The van der Waals surface area contributed by atoms with E-state index in [1.165, 1.54) is 5.56 Å². The first-order valence-corrected chi connectivity index (χ1v) is 10.6. The van der Waals surface area contributed by atoms with Gasteiger partial charge in [-0.3, -0.25) is 14.9 Å². The Morgan fingerprint density at radius 2 is 1.65 bits per heavy atom. The minimum atomic E-state index is -5.08. The number of likely N-dealkylation sites (tertiary alicyclic amines) is 1. The van der Waals surface area contributed by atoms with E-state index in [1.807, 2.05) is 42.9 Å². The molecular formula is C22H23F6N3O6. The van der Waals surface area contributed by atoms with E-state index in [2.05, 4.69) is 20.9 Å². The van der Waals surface area contributed by atoms with Crippen LogP contribution in [0.25, 0.3) is 0 Å². The standard InChI is InChI=1S/C18H21N3O2.2C2HF3O2/c1-2-7-20-15(5-1)11-23-18-10-21(17-13-22-12-16(17)18)9-14-4-3-6-19-8-14;2*3-2(4,5)1(6)7/h1-8,16-18H,9-13H2;2*(H,6,7)/t16-,17+,18+;;/m0../s1. The maximum atomic E-state index is 10.6. The highest BCUT2D eigenvalue weighted by Gasteiger charge is 2.46. The molecule has 0 saturated carbocycles. The van der Waals surface area contributed by atoms with Crippen LogP contribution in [0.3, 0.4) is 0 Å². The topological polar surface area (TPSA) is 122 Å². The molecule has 15 heteroatoms. The quantitative estimate of drug-likeness (QED) is 0.552. The van der Waals surface area contributed by atoms with Crippen LogP contribution >= 0.6 is 0 Å². The van der Waals surface area contributed by atoms with Crippen molar-refractivity contribution in [1.82, 2.24) is 14.9 Å². The Hall–Kier alpha value is -3.30. The number of hydrogen-bond donors (Lipinski definition) is 2. The number of ether oxygens (including phenoxy) is 2. The van der Waals surface area contributed by atoms with Crippen molar-refractivity contribution >= 4 is 11.9 Å². The summed E-state index contributed by atoms with van der Waals surface area (Å²) in [4.78, 5) is 28.8. The van der Waals surface area contributed by atoms with Gasteiger partial charge in [-0.25, -0.2) is 9.59 Å². The van der Waals surface area contributed by atoms with Gasteiger partial charge in [0, 0.05) is 43.6 Å². The number of halogens is 6. The number of rotatable bonds is 5. The Labute approximate surface area is 206 Å². The van der Waals surface area contributed by atoms with Crippen LogP contribution in [0.2, 0.25) is 0 Å². The summed E-state index contributed by atoms with van der Waals surface area (Å²) in [7, 11) is 0. The highest BCUT2D eigenvalue weighted by atomic mass is 19.4. The molecule has 2 aromatic rings. The average molecular weight is 539 g/mol. The molecule has 37 heavy (non-hydrogen) atoms. The van der Waals surface area contributed by atoms with Crippen LogP contribution in [0, 0.1) is 5.92 Å². The minimum Gasteiger partial charge on any atom is -0.475 e. The molecule has 4 heterocycles. The van der Waals surface area contributed by atoms with Gasteiger partial charge >= 0.3 is 24.3 Å². The third kappa shape index (κ3) is 9.93. The van der Waals surface area contributed by atoms with Gasteiger partial charge < -0.3 is 19.7 Å². The normalized spacial score (nSPS) is 21.2. The molecule has 2 N–H and O–H groups in total. The summed E-state index contributed by atoms with van der Waals surface area (Å²) < 4.78 is 75.4. The van der Waals surface area contributed by atoms with E-state index >= 15 is 0 Å². The summed E-state index contributed by atoms with van der Waals surface area (Å²) in [5.41, 5.74) is 2.22. The first kappa shape index (κ1) is 29.9. The Bertz CT molecular complexity index is 970. The lowest BCUT2D eigenvalue weighted by atomic mass is 10.0. The number of aliphatic carboxylic acids is 2. The number of aromatic nitrogens is 2. The largest absolute Gasteiger partial charge is 0.490 e. The van der Waals surface area contributed by atoms with Gasteiger partial charge in [0.25, 0.3) is 0 Å². The number of alkyl halides is 6. The molecule has 9 nitrogen and oxygen atoms in total. The molecule has 2 aliphatic rings. The zero-order chi connectivity index (χ0) is 27.6. The monoisotopic (exact) mass is 539 g/mol. The number of fused-ring (bicyclic) bond motifs is 1. The number of carbonyl (C=O) groups is 2. The molecule has 4 rings (SSSR count). The maximum Gasteiger partial charge on any atom is 0.490 e. The summed E-state index contributed by atoms with van der Waals surface area (Å²) in [6, 6.07) is 10.5. The molecule has 2 aromatic heterocycles. The van der Waals surface area contributed by atoms with Crippen LogP contribution in [0.1, 0.15) is 11.3 Å². The second-order valence-electron chi connectivity index (χ2n) is 7.84. The van der Waals surface area contributed by atoms with Crippen molar-refractivity contribution in [3.05, 3.63) is 60.2 Å². The lowest BCUT2D eigenvalue weighted by Gasteiger charge is -2.21. The zero-order valence-corrected chi connectivity index (χ0v) is 19.0. The van der Waals surface area contributed by atoms with Crippen molar-refractivity contribution in [1.29, 1.82) is 0 Å². The van der Waals surface area contributed by atoms with Crippen LogP contribution in [-0.2, 0) is 32.2 Å². The van der Waals surface area contributed by atoms with Crippen molar-refractivity contribution in [3.63, 3.8) is 0 Å². The average Bonchev–Trinajstić information content (AvgIpc) is 3.43. The molecule has 204 valence electrons. The van der Waals surface area contributed by atoms with Gasteiger partial charge in [0.2, 0.25) is 0 Å². The Morgan fingerprint density at radius 1 is 1.00 bits per heavy atom. The lowest BCUT2D eigenvalue weighted by Crippen LogP contribution is -2.32. The predicted molar refractivity (Wildman–Crippen MR) is 113 cm³/mol. The maximum absolute atomic E-state index is 10.6. The molecule has 0 bridgehead atoms. The smallest absolute Gasteiger partial charge is 0.475 e. The van der Waals surface area contributed by atoms with Crippen LogP contribution in [0.5, 0.6) is 0 Å². The SMILES string of the molecule is O=C(O)C(F)(F)F.O=C(O)C(F)(F)F.c1ccc(CO[C@@H]2CN(Cc3cccnc3)[C@@H]3COC[C@@H]32)nc1. The highest BCUT2D eigenvalue weighted by Crippen LogP contribution is 2.33. The Balaban J connectivity index is 0.000000286. The summed E-state index contributed by atoms with van der Waals surface area (Å²) >= 11 is 0. The molecule has 0 unspecified atom stereocenters. The van der Waals surface area contributed by atoms with E-state index in [4.69, 9.17) is 29.3 Å².